The molecular weight excluding hydrogens is 353 g/mol. The van der Waals surface area contributed by atoms with E-state index in [1.54, 1.807) is 12.1 Å². The fourth-order valence-electron chi connectivity index (χ4n) is 3.02. The van der Waals surface area contributed by atoms with Gasteiger partial charge in [-0.05, 0) is 30.7 Å². The summed E-state index contributed by atoms with van der Waals surface area (Å²) in [6, 6.07) is 18.2. The number of aromatic amines is 1. The van der Waals surface area contributed by atoms with Gasteiger partial charge in [0, 0.05) is 5.56 Å². The molecule has 27 heavy (non-hydrogen) atoms. The van der Waals surface area contributed by atoms with Crippen LogP contribution in [0.15, 0.2) is 71.1 Å². The molecule has 3 nitrogen and oxygen atoms in total. The summed E-state index contributed by atoms with van der Waals surface area (Å²) in [4.78, 5) is 7.66. The van der Waals surface area contributed by atoms with Crippen molar-refractivity contribution in [3.05, 3.63) is 78.0 Å². The summed E-state index contributed by atoms with van der Waals surface area (Å²) in [6.45, 7) is 1.87. The van der Waals surface area contributed by atoms with Crippen molar-refractivity contribution in [1.82, 2.24) is 9.97 Å². The molecule has 0 aliphatic carbocycles. The Balaban J connectivity index is 1.73. The lowest BCUT2D eigenvalue weighted by Gasteiger charge is -2.10. The lowest BCUT2D eigenvalue weighted by molar-refractivity contribution is -0.137. The number of benzene rings is 2. The highest BCUT2D eigenvalue weighted by atomic mass is 19.4. The molecule has 1 N–H and O–H groups in total. The van der Waals surface area contributed by atoms with E-state index in [0.29, 0.717) is 11.6 Å². The Kier molecular flexibility index (Phi) is 4.11. The van der Waals surface area contributed by atoms with Gasteiger partial charge in [0.05, 0.1) is 17.0 Å². The monoisotopic (exact) mass is 368 g/mol. The average molecular weight is 368 g/mol. The SMILES string of the molecule is Cc1nc(-c2ccc(-c3ccccc3C(F)(F)F)o2)[nH]c1-c1ccccc1. The molecule has 2 aromatic carbocycles. The maximum absolute atomic E-state index is 13.2. The highest BCUT2D eigenvalue weighted by Crippen LogP contribution is 2.38. The van der Waals surface area contributed by atoms with Gasteiger partial charge in [-0.3, -0.25) is 0 Å². The smallest absolute Gasteiger partial charge is 0.417 e. The minimum atomic E-state index is -4.45. The van der Waals surface area contributed by atoms with Crippen LogP contribution in [0.2, 0.25) is 0 Å². The zero-order valence-electron chi connectivity index (χ0n) is 14.3. The van der Waals surface area contributed by atoms with Crippen molar-refractivity contribution >= 4 is 0 Å². The molecule has 4 aromatic rings. The topological polar surface area (TPSA) is 41.8 Å². The molecule has 0 aliphatic heterocycles. The van der Waals surface area contributed by atoms with E-state index in [0.717, 1.165) is 23.0 Å². The van der Waals surface area contributed by atoms with Crippen LogP contribution in [0.4, 0.5) is 13.2 Å². The standard InChI is InChI=1S/C21H15F3N2O/c1-13-19(14-7-3-2-4-8-14)26-20(25-13)18-12-11-17(27-18)15-9-5-6-10-16(15)21(22,23)24/h2-12H,1H3,(H,25,26). The van der Waals surface area contributed by atoms with Crippen molar-refractivity contribution < 1.29 is 17.6 Å². The lowest BCUT2D eigenvalue weighted by Crippen LogP contribution is -2.06. The highest BCUT2D eigenvalue weighted by molar-refractivity contribution is 5.68. The molecule has 6 heteroatoms. The molecule has 0 aliphatic rings. The van der Waals surface area contributed by atoms with Crippen LogP contribution in [0.1, 0.15) is 11.3 Å². The number of rotatable bonds is 3. The molecule has 0 fully saturated rings. The summed E-state index contributed by atoms with van der Waals surface area (Å²) < 4.78 is 45.4. The summed E-state index contributed by atoms with van der Waals surface area (Å²) in [5.41, 5.74) is 1.88. The number of furan rings is 1. The third-order valence-electron chi connectivity index (χ3n) is 4.28. The van der Waals surface area contributed by atoms with Gasteiger partial charge in [0.15, 0.2) is 11.6 Å². The van der Waals surface area contributed by atoms with E-state index < -0.39 is 11.7 Å². The first-order valence-corrected chi connectivity index (χ1v) is 8.32. The van der Waals surface area contributed by atoms with Gasteiger partial charge < -0.3 is 9.40 Å². The van der Waals surface area contributed by atoms with Gasteiger partial charge >= 0.3 is 6.18 Å². The molecule has 0 saturated carbocycles. The Morgan fingerprint density at radius 2 is 1.52 bits per heavy atom. The van der Waals surface area contributed by atoms with Gasteiger partial charge in [-0.2, -0.15) is 13.2 Å². The van der Waals surface area contributed by atoms with Gasteiger partial charge in [-0.1, -0.05) is 48.5 Å². The van der Waals surface area contributed by atoms with Crippen molar-refractivity contribution in [3.63, 3.8) is 0 Å². The van der Waals surface area contributed by atoms with Gasteiger partial charge in [0.25, 0.3) is 0 Å². The zero-order valence-corrected chi connectivity index (χ0v) is 14.3. The van der Waals surface area contributed by atoms with Crippen LogP contribution >= 0.6 is 0 Å². The van der Waals surface area contributed by atoms with Crippen molar-refractivity contribution in [1.29, 1.82) is 0 Å². The second-order valence-electron chi connectivity index (χ2n) is 6.12. The highest BCUT2D eigenvalue weighted by Gasteiger charge is 2.34. The van der Waals surface area contributed by atoms with E-state index in [2.05, 4.69) is 9.97 Å². The molecule has 2 aromatic heterocycles. The van der Waals surface area contributed by atoms with Crippen molar-refractivity contribution in [2.45, 2.75) is 13.1 Å². The molecule has 0 atom stereocenters. The molecule has 2 heterocycles. The number of aromatic nitrogens is 2. The van der Waals surface area contributed by atoms with Crippen LogP contribution in [0.25, 0.3) is 34.2 Å². The van der Waals surface area contributed by atoms with E-state index in [4.69, 9.17) is 4.42 Å². The first kappa shape index (κ1) is 17.1. The summed E-state index contributed by atoms with van der Waals surface area (Å²) >= 11 is 0. The number of hydrogen-bond acceptors (Lipinski definition) is 2. The molecule has 0 radical (unpaired) electrons. The summed E-state index contributed by atoms with van der Waals surface area (Å²) in [5, 5.41) is 0. The number of alkyl halides is 3. The molecule has 136 valence electrons. The fourth-order valence-corrected chi connectivity index (χ4v) is 3.02. The Hall–Kier alpha value is -3.28. The van der Waals surface area contributed by atoms with Gasteiger partial charge in [0.2, 0.25) is 0 Å². The van der Waals surface area contributed by atoms with Crippen molar-refractivity contribution in [2.24, 2.45) is 0 Å². The third kappa shape index (κ3) is 3.26. The Morgan fingerprint density at radius 3 is 2.26 bits per heavy atom. The largest absolute Gasteiger partial charge is 0.453 e. The molecule has 0 unspecified atom stereocenters. The van der Waals surface area contributed by atoms with Gasteiger partial charge in [0.1, 0.15) is 5.76 Å². The number of hydrogen-bond donors (Lipinski definition) is 1. The molecule has 0 spiro atoms. The molecular formula is C21H15F3N2O. The number of halogens is 3. The first-order valence-electron chi connectivity index (χ1n) is 8.32. The van der Waals surface area contributed by atoms with Crippen LogP contribution in [0.5, 0.6) is 0 Å². The van der Waals surface area contributed by atoms with Crippen molar-refractivity contribution in [3.8, 4) is 34.2 Å². The summed E-state index contributed by atoms with van der Waals surface area (Å²) in [6.07, 6.45) is -4.45. The van der Waals surface area contributed by atoms with Gasteiger partial charge in [-0.25, -0.2) is 4.98 Å². The van der Waals surface area contributed by atoms with Crippen LogP contribution in [-0.4, -0.2) is 9.97 Å². The fraction of sp³-hybridized carbons (Fsp3) is 0.0952. The Bertz CT molecular complexity index is 1080. The molecule has 0 amide bonds. The number of nitrogens with zero attached hydrogens (tertiary/aromatic N) is 1. The van der Waals surface area contributed by atoms with E-state index >= 15 is 0 Å². The number of H-pyrrole nitrogens is 1. The Labute approximate surface area is 153 Å². The summed E-state index contributed by atoms with van der Waals surface area (Å²) in [5.74, 6) is 1.00. The van der Waals surface area contributed by atoms with E-state index in [1.165, 1.54) is 18.2 Å². The van der Waals surface area contributed by atoms with E-state index in [1.807, 2.05) is 37.3 Å². The minimum Gasteiger partial charge on any atom is -0.453 e. The zero-order chi connectivity index (χ0) is 19.0. The predicted octanol–water partition coefficient (Wildman–Crippen LogP) is 6.33. The maximum Gasteiger partial charge on any atom is 0.417 e. The maximum atomic E-state index is 13.2. The number of aryl methyl sites for hydroxylation is 1. The quantitative estimate of drug-likeness (QED) is 0.459. The summed E-state index contributed by atoms with van der Waals surface area (Å²) in [7, 11) is 0. The van der Waals surface area contributed by atoms with E-state index in [-0.39, 0.29) is 11.3 Å². The normalized spacial score (nSPS) is 11.7. The van der Waals surface area contributed by atoms with Crippen LogP contribution < -0.4 is 0 Å². The van der Waals surface area contributed by atoms with Crippen LogP contribution in [-0.2, 0) is 6.18 Å². The second kappa shape index (κ2) is 6.46. The predicted molar refractivity (Wildman–Crippen MR) is 96.9 cm³/mol. The first-order chi connectivity index (χ1) is 12.9. The average Bonchev–Trinajstić information content (AvgIpc) is 3.28. The molecule has 0 saturated heterocycles. The second-order valence-corrected chi connectivity index (χ2v) is 6.12. The third-order valence-corrected chi connectivity index (χ3v) is 4.28. The molecule has 0 bridgehead atoms. The van der Waals surface area contributed by atoms with Gasteiger partial charge in [-0.15, -0.1) is 0 Å². The minimum absolute atomic E-state index is 0.00260. The number of imidazole rings is 1. The van der Waals surface area contributed by atoms with Crippen molar-refractivity contribution in [2.75, 3.05) is 0 Å². The van der Waals surface area contributed by atoms with Crippen LogP contribution in [0, 0.1) is 6.92 Å². The number of nitrogens with one attached hydrogen (secondary N) is 1. The van der Waals surface area contributed by atoms with Crippen LogP contribution in [0.3, 0.4) is 0 Å². The lowest BCUT2D eigenvalue weighted by atomic mass is 10.1. The van der Waals surface area contributed by atoms with E-state index in [9.17, 15) is 13.2 Å². The Morgan fingerprint density at radius 1 is 0.852 bits per heavy atom. The molecule has 4 rings (SSSR count).